The van der Waals surface area contributed by atoms with Gasteiger partial charge in [-0.15, -0.1) is 0 Å². The molecular formula is C20H24N4O2S. The normalized spacial score (nSPS) is 16.3. The molecule has 1 aliphatic heterocycles. The van der Waals surface area contributed by atoms with Crippen LogP contribution in [0.3, 0.4) is 0 Å². The number of hydrogen-bond donors (Lipinski definition) is 0. The highest BCUT2D eigenvalue weighted by Gasteiger charge is 2.11. The minimum Gasteiger partial charge on any atom is -0.492 e. The van der Waals surface area contributed by atoms with Gasteiger partial charge in [0.15, 0.2) is 0 Å². The van der Waals surface area contributed by atoms with Gasteiger partial charge >= 0.3 is 0 Å². The molecule has 142 valence electrons. The Morgan fingerprint density at radius 3 is 2.74 bits per heavy atom. The predicted molar refractivity (Wildman–Crippen MR) is 108 cm³/mol. The molecule has 0 spiro atoms. The van der Waals surface area contributed by atoms with Crippen LogP contribution in [0, 0.1) is 0 Å². The first-order valence-corrected chi connectivity index (χ1v) is 10.1. The Labute approximate surface area is 163 Å². The number of hydrogen-bond acceptors (Lipinski definition) is 7. The van der Waals surface area contributed by atoms with Crippen LogP contribution in [0.4, 0.5) is 0 Å². The number of thiazole rings is 1. The lowest BCUT2D eigenvalue weighted by Gasteiger charge is -2.20. The second-order valence-corrected chi connectivity index (χ2v) is 7.67. The maximum atomic E-state index is 5.90. The smallest absolute Gasteiger partial charge is 0.281 e. The van der Waals surface area contributed by atoms with Crippen LogP contribution in [-0.2, 0) is 0 Å². The van der Waals surface area contributed by atoms with E-state index in [9.17, 15) is 0 Å². The highest BCUT2D eigenvalue weighted by Crippen LogP contribution is 2.30. The van der Waals surface area contributed by atoms with Crippen LogP contribution in [0.25, 0.3) is 10.3 Å². The highest BCUT2D eigenvalue weighted by atomic mass is 32.1. The van der Waals surface area contributed by atoms with Gasteiger partial charge < -0.3 is 14.4 Å². The Hall–Kier alpha value is -2.22. The minimum absolute atomic E-state index is 0.600. The molecule has 7 heteroatoms. The second kappa shape index (κ2) is 8.65. The monoisotopic (exact) mass is 384 g/mol. The molecule has 0 amide bonds. The van der Waals surface area contributed by atoms with E-state index in [1.807, 2.05) is 36.4 Å². The molecule has 3 aromatic rings. The fourth-order valence-electron chi connectivity index (χ4n) is 3.11. The Bertz CT molecular complexity index is 835. The van der Waals surface area contributed by atoms with E-state index in [4.69, 9.17) is 9.47 Å². The zero-order valence-electron chi connectivity index (χ0n) is 15.5. The van der Waals surface area contributed by atoms with Gasteiger partial charge in [0.1, 0.15) is 28.5 Å². The van der Waals surface area contributed by atoms with Crippen molar-refractivity contribution in [2.75, 3.05) is 46.4 Å². The van der Waals surface area contributed by atoms with E-state index in [0.29, 0.717) is 11.8 Å². The SMILES string of the molecule is CN1CCCN(CCOc2ccc(Oc3nc4cccnc4s3)cc2)CC1. The first-order valence-electron chi connectivity index (χ1n) is 9.29. The lowest BCUT2D eigenvalue weighted by molar-refractivity contribution is 0.212. The topological polar surface area (TPSA) is 50.7 Å². The van der Waals surface area contributed by atoms with Crippen molar-refractivity contribution in [3.8, 4) is 16.7 Å². The highest BCUT2D eigenvalue weighted by molar-refractivity contribution is 7.19. The number of nitrogens with zero attached hydrogens (tertiary/aromatic N) is 4. The van der Waals surface area contributed by atoms with Gasteiger partial charge in [-0.3, -0.25) is 4.90 Å². The molecule has 1 aromatic carbocycles. The largest absolute Gasteiger partial charge is 0.492 e. The maximum absolute atomic E-state index is 5.90. The summed E-state index contributed by atoms with van der Waals surface area (Å²) in [6.07, 6.45) is 2.99. The van der Waals surface area contributed by atoms with Crippen LogP contribution in [0.1, 0.15) is 6.42 Å². The summed E-state index contributed by atoms with van der Waals surface area (Å²) in [6, 6.07) is 11.5. The molecule has 0 N–H and O–H groups in total. The van der Waals surface area contributed by atoms with E-state index in [0.717, 1.165) is 48.0 Å². The fraction of sp³-hybridized carbons (Fsp3) is 0.400. The summed E-state index contributed by atoms with van der Waals surface area (Å²) < 4.78 is 11.7. The lowest BCUT2D eigenvalue weighted by Crippen LogP contribution is -2.32. The number of likely N-dealkylation sites (N-methyl/N-ethyl adjacent to an activating group) is 1. The summed E-state index contributed by atoms with van der Waals surface area (Å²) in [6.45, 7) is 6.25. The number of rotatable bonds is 6. The predicted octanol–water partition coefficient (Wildman–Crippen LogP) is 3.50. The molecule has 27 heavy (non-hydrogen) atoms. The molecular weight excluding hydrogens is 360 g/mol. The number of pyridine rings is 1. The molecule has 0 bridgehead atoms. The van der Waals surface area contributed by atoms with E-state index in [1.54, 1.807) is 6.20 Å². The number of fused-ring (bicyclic) bond motifs is 1. The third-order valence-corrected chi connectivity index (χ3v) is 5.52. The molecule has 4 rings (SSSR count). The van der Waals surface area contributed by atoms with Crippen LogP contribution < -0.4 is 9.47 Å². The summed E-state index contributed by atoms with van der Waals surface area (Å²) >= 11 is 1.44. The van der Waals surface area contributed by atoms with Crippen LogP contribution in [0.5, 0.6) is 16.7 Å². The Balaban J connectivity index is 1.27. The standard InChI is InChI=1S/C20H24N4O2S/c1-23-10-3-11-24(13-12-23)14-15-25-16-5-7-17(8-6-16)26-20-22-18-4-2-9-21-19(18)27-20/h2,4-9H,3,10-15H2,1H3. The van der Waals surface area contributed by atoms with E-state index >= 15 is 0 Å². The Morgan fingerprint density at radius 2 is 1.89 bits per heavy atom. The molecule has 0 atom stereocenters. The minimum atomic E-state index is 0.600. The maximum Gasteiger partial charge on any atom is 0.281 e. The molecule has 1 saturated heterocycles. The summed E-state index contributed by atoms with van der Waals surface area (Å²) in [4.78, 5) is 14.5. The van der Waals surface area contributed by atoms with Gasteiger partial charge in [0.05, 0.1) is 0 Å². The zero-order chi connectivity index (χ0) is 18.5. The lowest BCUT2D eigenvalue weighted by atomic mass is 10.3. The van der Waals surface area contributed by atoms with Gasteiger partial charge in [-0.1, -0.05) is 11.3 Å². The van der Waals surface area contributed by atoms with E-state index in [2.05, 4.69) is 26.8 Å². The molecule has 3 heterocycles. The van der Waals surface area contributed by atoms with Gasteiger partial charge in [-0.05, 0) is 63.0 Å². The van der Waals surface area contributed by atoms with Crippen LogP contribution in [0.15, 0.2) is 42.6 Å². The average Bonchev–Trinajstić information content (AvgIpc) is 2.97. The van der Waals surface area contributed by atoms with Crippen molar-refractivity contribution in [3.05, 3.63) is 42.6 Å². The van der Waals surface area contributed by atoms with Crippen molar-refractivity contribution in [1.82, 2.24) is 19.8 Å². The third kappa shape index (κ3) is 4.94. The fourth-order valence-corrected chi connectivity index (χ4v) is 3.89. The molecule has 0 unspecified atom stereocenters. The van der Waals surface area contributed by atoms with Gasteiger partial charge in [-0.2, -0.15) is 0 Å². The molecule has 2 aromatic heterocycles. The first-order chi connectivity index (χ1) is 13.3. The van der Waals surface area contributed by atoms with Crippen molar-refractivity contribution in [3.63, 3.8) is 0 Å². The quantitative estimate of drug-likeness (QED) is 0.648. The van der Waals surface area contributed by atoms with Crippen molar-refractivity contribution in [1.29, 1.82) is 0 Å². The van der Waals surface area contributed by atoms with Crippen molar-refractivity contribution in [2.45, 2.75) is 6.42 Å². The van der Waals surface area contributed by atoms with E-state index in [-0.39, 0.29) is 0 Å². The van der Waals surface area contributed by atoms with Crippen molar-refractivity contribution in [2.24, 2.45) is 0 Å². The van der Waals surface area contributed by atoms with E-state index < -0.39 is 0 Å². The summed E-state index contributed by atoms with van der Waals surface area (Å²) in [5.41, 5.74) is 0.858. The van der Waals surface area contributed by atoms with Crippen molar-refractivity contribution < 1.29 is 9.47 Å². The number of benzene rings is 1. The van der Waals surface area contributed by atoms with Crippen LogP contribution in [-0.4, -0.2) is 66.1 Å². The first kappa shape index (κ1) is 18.2. The molecule has 6 nitrogen and oxygen atoms in total. The third-order valence-electron chi connectivity index (χ3n) is 4.66. The van der Waals surface area contributed by atoms with Gasteiger partial charge in [-0.25, -0.2) is 9.97 Å². The van der Waals surface area contributed by atoms with E-state index in [1.165, 1.54) is 24.3 Å². The summed E-state index contributed by atoms with van der Waals surface area (Å²) in [5.74, 6) is 1.61. The molecule has 0 radical (unpaired) electrons. The molecule has 1 aliphatic rings. The summed E-state index contributed by atoms with van der Waals surface area (Å²) in [7, 11) is 2.19. The molecule has 0 aliphatic carbocycles. The number of aromatic nitrogens is 2. The average molecular weight is 385 g/mol. The zero-order valence-corrected chi connectivity index (χ0v) is 16.3. The van der Waals surface area contributed by atoms with Crippen LogP contribution in [0.2, 0.25) is 0 Å². The number of ether oxygens (including phenoxy) is 2. The van der Waals surface area contributed by atoms with Crippen molar-refractivity contribution >= 4 is 21.7 Å². The summed E-state index contributed by atoms with van der Waals surface area (Å²) in [5, 5.41) is 0.600. The molecule has 0 saturated carbocycles. The Kier molecular flexibility index (Phi) is 5.81. The van der Waals surface area contributed by atoms with Crippen LogP contribution >= 0.6 is 11.3 Å². The van der Waals surface area contributed by atoms with Gasteiger partial charge in [0, 0.05) is 25.8 Å². The second-order valence-electron chi connectivity index (χ2n) is 6.73. The van der Waals surface area contributed by atoms with Gasteiger partial charge in [0.25, 0.3) is 5.19 Å². The Morgan fingerprint density at radius 1 is 1.04 bits per heavy atom. The molecule has 1 fully saturated rings. The van der Waals surface area contributed by atoms with Gasteiger partial charge in [0.2, 0.25) is 0 Å².